The molecule has 1 amide bonds. The van der Waals surface area contributed by atoms with Crippen molar-refractivity contribution < 1.29 is 9.53 Å². The van der Waals surface area contributed by atoms with Crippen LogP contribution in [0.25, 0.3) is 5.82 Å². The summed E-state index contributed by atoms with van der Waals surface area (Å²) in [6.45, 7) is 2.09. The summed E-state index contributed by atoms with van der Waals surface area (Å²) in [7, 11) is 0. The van der Waals surface area contributed by atoms with Gasteiger partial charge in [-0.25, -0.2) is 9.97 Å². The number of carbonyl (C=O) groups is 1. The lowest BCUT2D eigenvalue weighted by molar-refractivity contribution is -0.127. The van der Waals surface area contributed by atoms with Crippen LogP contribution < -0.4 is 10.1 Å². The minimum absolute atomic E-state index is 0.181. The number of rotatable bonds is 6. The second-order valence-corrected chi connectivity index (χ2v) is 5.25. The zero-order chi connectivity index (χ0) is 16.8. The number of amides is 1. The minimum atomic E-state index is -0.583. The minimum Gasteiger partial charge on any atom is -0.481 e. The van der Waals surface area contributed by atoms with Crippen LogP contribution in [0.2, 0.25) is 0 Å². The molecule has 6 heteroatoms. The van der Waals surface area contributed by atoms with E-state index in [1.165, 1.54) is 0 Å². The van der Waals surface area contributed by atoms with Gasteiger partial charge in [-0.05, 0) is 25.1 Å². The molecule has 1 unspecified atom stereocenters. The molecule has 24 heavy (non-hydrogen) atoms. The normalized spacial score (nSPS) is 11.7. The maximum absolute atomic E-state index is 12.2. The number of para-hydroxylation sites is 1. The lowest BCUT2D eigenvalue weighted by Crippen LogP contribution is -2.36. The van der Waals surface area contributed by atoms with Crippen molar-refractivity contribution in [2.45, 2.75) is 19.6 Å². The number of ether oxygens (including phenoxy) is 1. The molecule has 0 fully saturated rings. The molecule has 2 aromatic heterocycles. The van der Waals surface area contributed by atoms with E-state index in [0.717, 1.165) is 11.4 Å². The third-order valence-corrected chi connectivity index (χ3v) is 3.49. The number of nitrogens with one attached hydrogen (secondary N) is 1. The van der Waals surface area contributed by atoms with Gasteiger partial charge >= 0.3 is 0 Å². The highest BCUT2D eigenvalue weighted by Gasteiger charge is 2.15. The van der Waals surface area contributed by atoms with Crippen LogP contribution in [0.15, 0.2) is 67.4 Å². The first-order valence-electron chi connectivity index (χ1n) is 7.65. The monoisotopic (exact) mass is 322 g/mol. The van der Waals surface area contributed by atoms with Crippen molar-refractivity contribution in [2.24, 2.45) is 0 Å². The summed E-state index contributed by atoms with van der Waals surface area (Å²) in [5, 5.41) is 2.88. The van der Waals surface area contributed by atoms with E-state index >= 15 is 0 Å². The van der Waals surface area contributed by atoms with E-state index in [1.807, 2.05) is 53.2 Å². The maximum atomic E-state index is 12.2. The highest BCUT2D eigenvalue weighted by Crippen LogP contribution is 2.12. The summed E-state index contributed by atoms with van der Waals surface area (Å²) >= 11 is 0. The lowest BCUT2D eigenvalue weighted by Gasteiger charge is -2.15. The average molecular weight is 322 g/mol. The molecule has 3 rings (SSSR count). The van der Waals surface area contributed by atoms with Crippen LogP contribution in [0.3, 0.4) is 0 Å². The van der Waals surface area contributed by atoms with Gasteiger partial charge in [0.05, 0.1) is 0 Å². The van der Waals surface area contributed by atoms with Gasteiger partial charge in [0, 0.05) is 30.7 Å². The van der Waals surface area contributed by atoms with E-state index in [2.05, 4.69) is 15.3 Å². The smallest absolute Gasteiger partial charge is 0.261 e. The molecule has 2 heterocycles. The van der Waals surface area contributed by atoms with Crippen molar-refractivity contribution in [1.29, 1.82) is 0 Å². The zero-order valence-electron chi connectivity index (χ0n) is 13.3. The quantitative estimate of drug-likeness (QED) is 0.756. The Bertz CT molecular complexity index is 788. The van der Waals surface area contributed by atoms with Gasteiger partial charge < -0.3 is 10.1 Å². The molecule has 122 valence electrons. The first-order valence-corrected chi connectivity index (χ1v) is 7.65. The molecule has 0 saturated carbocycles. The Morgan fingerprint density at radius 2 is 2.04 bits per heavy atom. The van der Waals surface area contributed by atoms with Crippen LogP contribution in [0.4, 0.5) is 0 Å². The molecular weight excluding hydrogens is 304 g/mol. The number of pyridine rings is 1. The van der Waals surface area contributed by atoms with E-state index in [4.69, 9.17) is 4.74 Å². The van der Waals surface area contributed by atoms with Crippen molar-refractivity contribution in [2.75, 3.05) is 0 Å². The number of aromatic nitrogens is 3. The summed E-state index contributed by atoms with van der Waals surface area (Å²) < 4.78 is 7.44. The average Bonchev–Trinajstić information content (AvgIpc) is 3.15. The van der Waals surface area contributed by atoms with Crippen molar-refractivity contribution in [3.05, 3.63) is 72.9 Å². The SMILES string of the molecule is CC(Oc1ccccc1)C(=O)NCc1cccnc1-n1ccnc1. The van der Waals surface area contributed by atoms with Gasteiger partial charge in [-0.15, -0.1) is 0 Å². The van der Waals surface area contributed by atoms with Gasteiger partial charge in [-0.3, -0.25) is 9.36 Å². The van der Waals surface area contributed by atoms with Gasteiger partial charge in [0.2, 0.25) is 0 Å². The fourth-order valence-corrected chi connectivity index (χ4v) is 2.27. The van der Waals surface area contributed by atoms with Crippen molar-refractivity contribution in [1.82, 2.24) is 19.9 Å². The fraction of sp³-hybridized carbons (Fsp3) is 0.167. The molecule has 6 nitrogen and oxygen atoms in total. The molecule has 0 aliphatic rings. The zero-order valence-corrected chi connectivity index (χ0v) is 13.3. The van der Waals surface area contributed by atoms with Crippen LogP contribution in [-0.2, 0) is 11.3 Å². The molecule has 1 atom stereocenters. The molecule has 0 bridgehead atoms. The molecule has 1 N–H and O–H groups in total. The molecule has 0 aliphatic heterocycles. The standard InChI is InChI=1S/C18H18N4O2/c1-14(24-16-7-3-2-4-8-16)18(23)21-12-15-6-5-9-20-17(15)22-11-10-19-13-22/h2-11,13-14H,12H2,1H3,(H,21,23). The largest absolute Gasteiger partial charge is 0.481 e. The second-order valence-electron chi connectivity index (χ2n) is 5.25. The first kappa shape index (κ1) is 15.7. The predicted molar refractivity (Wildman–Crippen MR) is 89.7 cm³/mol. The fourth-order valence-electron chi connectivity index (χ4n) is 2.27. The summed E-state index contributed by atoms with van der Waals surface area (Å²) in [5.41, 5.74) is 0.899. The van der Waals surface area contributed by atoms with E-state index in [0.29, 0.717) is 12.3 Å². The van der Waals surface area contributed by atoms with Gasteiger partial charge in [0.1, 0.15) is 17.9 Å². The predicted octanol–water partition coefficient (Wildman–Crippen LogP) is 2.35. The Morgan fingerprint density at radius 3 is 2.79 bits per heavy atom. The highest BCUT2D eigenvalue weighted by atomic mass is 16.5. The number of benzene rings is 1. The number of nitrogens with zero attached hydrogens (tertiary/aromatic N) is 3. The van der Waals surface area contributed by atoms with Gasteiger partial charge in [-0.1, -0.05) is 24.3 Å². The number of hydrogen-bond acceptors (Lipinski definition) is 4. The van der Waals surface area contributed by atoms with Crippen molar-refractivity contribution in [3.8, 4) is 11.6 Å². The molecule has 0 aliphatic carbocycles. The Hall–Kier alpha value is -3.15. The van der Waals surface area contributed by atoms with Crippen LogP contribution >= 0.6 is 0 Å². The third-order valence-electron chi connectivity index (χ3n) is 3.49. The summed E-state index contributed by atoms with van der Waals surface area (Å²) in [5.74, 6) is 1.23. The third kappa shape index (κ3) is 3.78. The Morgan fingerprint density at radius 1 is 1.21 bits per heavy atom. The Kier molecular flexibility index (Phi) is 4.86. The van der Waals surface area contributed by atoms with E-state index in [-0.39, 0.29) is 5.91 Å². The van der Waals surface area contributed by atoms with Crippen molar-refractivity contribution >= 4 is 5.91 Å². The first-order chi connectivity index (χ1) is 11.7. The summed E-state index contributed by atoms with van der Waals surface area (Å²) in [4.78, 5) is 20.6. The van der Waals surface area contributed by atoms with Gasteiger partial charge in [0.25, 0.3) is 5.91 Å². The molecule has 0 spiro atoms. The Labute approximate surface area is 140 Å². The second kappa shape index (κ2) is 7.41. The summed E-state index contributed by atoms with van der Waals surface area (Å²) in [6, 6.07) is 13.0. The van der Waals surface area contributed by atoms with E-state index < -0.39 is 6.10 Å². The van der Waals surface area contributed by atoms with Crippen molar-refractivity contribution in [3.63, 3.8) is 0 Å². The molecule has 0 radical (unpaired) electrons. The van der Waals surface area contributed by atoms with Crippen LogP contribution in [0.5, 0.6) is 5.75 Å². The maximum Gasteiger partial charge on any atom is 0.261 e. The number of imidazole rings is 1. The highest BCUT2D eigenvalue weighted by molar-refractivity contribution is 5.80. The van der Waals surface area contributed by atoms with E-state index in [1.54, 1.807) is 25.6 Å². The van der Waals surface area contributed by atoms with Crippen LogP contribution in [0.1, 0.15) is 12.5 Å². The summed E-state index contributed by atoms with van der Waals surface area (Å²) in [6.07, 6.45) is 6.30. The molecule has 0 saturated heterocycles. The number of carbonyl (C=O) groups excluding carboxylic acids is 1. The molecule has 3 aromatic rings. The van der Waals surface area contributed by atoms with Crippen LogP contribution in [0, 0.1) is 0 Å². The van der Waals surface area contributed by atoms with Crippen LogP contribution in [-0.4, -0.2) is 26.5 Å². The molecular formula is C18H18N4O2. The van der Waals surface area contributed by atoms with Gasteiger partial charge in [-0.2, -0.15) is 0 Å². The molecule has 1 aromatic carbocycles. The lowest BCUT2D eigenvalue weighted by atomic mass is 10.2. The van der Waals surface area contributed by atoms with E-state index in [9.17, 15) is 4.79 Å². The topological polar surface area (TPSA) is 69.0 Å². The number of hydrogen-bond donors (Lipinski definition) is 1. The van der Waals surface area contributed by atoms with Gasteiger partial charge in [0.15, 0.2) is 6.10 Å². The Balaban J connectivity index is 1.63.